The maximum Gasteiger partial charge on any atom is 0.254 e. The molecule has 0 fully saturated rings. The number of hydrogen-bond acceptors (Lipinski definition) is 3. The normalized spacial score (nSPS) is 10.4. The van der Waals surface area contributed by atoms with Crippen molar-refractivity contribution in [2.24, 2.45) is 0 Å². The van der Waals surface area contributed by atoms with Crippen LogP contribution in [0.15, 0.2) is 71.4 Å². The summed E-state index contributed by atoms with van der Waals surface area (Å²) >= 11 is 1.66. The lowest BCUT2D eigenvalue weighted by atomic mass is 10.1. The van der Waals surface area contributed by atoms with Gasteiger partial charge in [0.05, 0.1) is 0 Å². The predicted molar refractivity (Wildman–Crippen MR) is 102 cm³/mol. The second-order valence-corrected chi connectivity index (χ2v) is 6.58. The van der Waals surface area contributed by atoms with Gasteiger partial charge in [-0.25, -0.2) is 0 Å². The van der Waals surface area contributed by atoms with E-state index >= 15 is 0 Å². The van der Waals surface area contributed by atoms with Gasteiger partial charge in [0.25, 0.3) is 5.91 Å². The summed E-state index contributed by atoms with van der Waals surface area (Å²) in [6, 6.07) is 19.0. The molecule has 1 heterocycles. The Hall–Kier alpha value is -2.59. The van der Waals surface area contributed by atoms with Crippen molar-refractivity contribution in [2.75, 3.05) is 6.54 Å². The maximum atomic E-state index is 12.8. The molecule has 0 N–H and O–H groups in total. The Labute approximate surface area is 152 Å². The van der Waals surface area contributed by atoms with Gasteiger partial charge >= 0.3 is 0 Å². The molecule has 0 saturated carbocycles. The van der Waals surface area contributed by atoms with Crippen molar-refractivity contribution in [1.82, 2.24) is 4.90 Å². The lowest BCUT2D eigenvalue weighted by molar-refractivity contribution is 0.0743. The summed E-state index contributed by atoms with van der Waals surface area (Å²) < 4.78 is 5.78. The quantitative estimate of drug-likeness (QED) is 0.555. The summed E-state index contributed by atoms with van der Waals surface area (Å²) in [5, 5.41) is 4.13. The van der Waals surface area contributed by atoms with E-state index in [1.54, 1.807) is 11.3 Å². The second kappa shape index (κ2) is 8.49. The molecule has 0 radical (unpaired) electrons. The van der Waals surface area contributed by atoms with Gasteiger partial charge < -0.3 is 9.64 Å². The highest BCUT2D eigenvalue weighted by Gasteiger charge is 2.15. The standard InChI is InChI=1S/C21H21NO2S/c1-2-13-22(15-17-12-14-25-16-17)21(23)18-8-10-20(11-9-18)24-19-6-4-3-5-7-19/h3-12,14,16H,2,13,15H2,1H3. The summed E-state index contributed by atoms with van der Waals surface area (Å²) in [6.07, 6.45) is 0.936. The monoisotopic (exact) mass is 351 g/mol. The van der Waals surface area contributed by atoms with Crippen LogP contribution >= 0.6 is 11.3 Å². The van der Waals surface area contributed by atoms with E-state index in [-0.39, 0.29) is 5.91 Å². The Morgan fingerprint density at radius 3 is 2.36 bits per heavy atom. The van der Waals surface area contributed by atoms with Gasteiger partial charge in [-0.05, 0) is 65.2 Å². The van der Waals surface area contributed by atoms with Crippen molar-refractivity contribution < 1.29 is 9.53 Å². The third-order valence-corrected chi connectivity index (χ3v) is 4.55. The Morgan fingerprint density at radius 2 is 1.72 bits per heavy atom. The molecule has 0 aliphatic carbocycles. The van der Waals surface area contributed by atoms with Gasteiger partial charge in [0, 0.05) is 18.7 Å². The molecule has 0 spiro atoms. The van der Waals surface area contributed by atoms with Crippen molar-refractivity contribution in [3.63, 3.8) is 0 Å². The number of carbonyl (C=O) groups excluding carboxylic acids is 1. The highest BCUT2D eigenvalue weighted by Crippen LogP contribution is 2.22. The van der Waals surface area contributed by atoms with Gasteiger partial charge in [0.2, 0.25) is 0 Å². The molecule has 0 aliphatic rings. The van der Waals surface area contributed by atoms with Crippen LogP contribution in [0.25, 0.3) is 0 Å². The Morgan fingerprint density at radius 1 is 1.00 bits per heavy atom. The number of thiophene rings is 1. The number of nitrogens with zero attached hydrogens (tertiary/aromatic N) is 1. The second-order valence-electron chi connectivity index (χ2n) is 5.80. The molecule has 0 bridgehead atoms. The smallest absolute Gasteiger partial charge is 0.254 e. The Kier molecular flexibility index (Phi) is 5.86. The van der Waals surface area contributed by atoms with Crippen LogP contribution in [0.1, 0.15) is 29.3 Å². The number of rotatable bonds is 7. The number of amides is 1. The molecule has 25 heavy (non-hydrogen) atoms. The third-order valence-electron chi connectivity index (χ3n) is 3.81. The first-order chi connectivity index (χ1) is 12.3. The van der Waals surface area contributed by atoms with Crippen LogP contribution in [-0.4, -0.2) is 17.4 Å². The number of para-hydroxylation sites is 1. The zero-order valence-corrected chi connectivity index (χ0v) is 15.0. The zero-order chi connectivity index (χ0) is 17.5. The molecule has 3 nitrogen and oxygen atoms in total. The topological polar surface area (TPSA) is 29.5 Å². The minimum atomic E-state index is 0.0549. The number of benzene rings is 2. The fourth-order valence-electron chi connectivity index (χ4n) is 2.60. The van der Waals surface area contributed by atoms with Crippen molar-refractivity contribution in [1.29, 1.82) is 0 Å². The highest BCUT2D eigenvalue weighted by atomic mass is 32.1. The van der Waals surface area contributed by atoms with Gasteiger partial charge in [-0.2, -0.15) is 11.3 Å². The van der Waals surface area contributed by atoms with Crippen LogP contribution in [0.3, 0.4) is 0 Å². The largest absolute Gasteiger partial charge is 0.457 e. The van der Waals surface area contributed by atoms with E-state index in [1.807, 2.05) is 64.9 Å². The summed E-state index contributed by atoms with van der Waals surface area (Å²) in [6.45, 7) is 3.49. The molecule has 1 aromatic heterocycles. The maximum absolute atomic E-state index is 12.8. The lowest BCUT2D eigenvalue weighted by Crippen LogP contribution is -2.31. The van der Waals surface area contributed by atoms with Crippen molar-refractivity contribution in [3.05, 3.63) is 82.6 Å². The molecular weight excluding hydrogens is 330 g/mol. The van der Waals surface area contributed by atoms with Crippen LogP contribution < -0.4 is 4.74 Å². The fraction of sp³-hybridized carbons (Fsp3) is 0.190. The van der Waals surface area contributed by atoms with E-state index in [0.29, 0.717) is 12.1 Å². The van der Waals surface area contributed by atoms with Gasteiger partial charge in [-0.3, -0.25) is 4.79 Å². The van der Waals surface area contributed by atoms with E-state index < -0.39 is 0 Å². The molecule has 3 aromatic rings. The third kappa shape index (κ3) is 4.70. The van der Waals surface area contributed by atoms with E-state index in [1.165, 1.54) is 5.56 Å². The number of carbonyl (C=O) groups is 1. The molecule has 4 heteroatoms. The minimum absolute atomic E-state index is 0.0549. The number of hydrogen-bond donors (Lipinski definition) is 0. The number of ether oxygens (including phenoxy) is 1. The van der Waals surface area contributed by atoms with E-state index in [2.05, 4.69) is 18.4 Å². The highest BCUT2D eigenvalue weighted by molar-refractivity contribution is 7.07. The molecule has 1 amide bonds. The van der Waals surface area contributed by atoms with Crippen LogP contribution in [0, 0.1) is 0 Å². The van der Waals surface area contributed by atoms with Crippen LogP contribution in [0.4, 0.5) is 0 Å². The minimum Gasteiger partial charge on any atom is -0.457 e. The van der Waals surface area contributed by atoms with E-state index in [9.17, 15) is 4.79 Å². The molecule has 0 saturated heterocycles. The SMILES string of the molecule is CCCN(Cc1ccsc1)C(=O)c1ccc(Oc2ccccc2)cc1. The fourth-order valence-corrected chi connectivity index (χ4v) is 3.26. The first-order valence-electron chi connectivity index (χ1n) is 8.39. The Bertz CT molecular complexity index is 783. The first-order valence-corrected chi connectivity index (χ1v) is 9.34. The van der Waals surface area contributed by atoms with Gasteiger partial charge in [-0.1, -0.05) is 25.1 Å². The van der Waals surface area contributed by atoms with Crippen molar-refractivity contribution in [3.8, 4) is 11.5 Å². The summed E-state index contributed by atoms with van der Waals surface area (Å²) in [5.74, 6) is 1.56. The molecule has 2 aromatic carbocycles. The van der Waals surface area contributed by atoms with E-state index in [4.69, 9.17) is 4.74 Å². The molecule has 0 aliphatic heterocycles. The van der Waals surface area contributed by atoms with Crippen molar-refractivity contribution in [2.45, 2.75) is 19.9 Å². The molecular formula is C21H21NO2S. The summed E-state index contributed by atoms with van der Waals surface area (Å²) in [4.78, 5) is 14.7. The van der Waals surface area contributed by atoms with Crippen LogP contribution in [-0.2, 0) is 6.54 Å². The first kappa shape index (κ1) is 17.2. The molecule has 3 rings (SSSR count). The Balaban J connectivity index is 1.69. The van der Waals surface area contributed by atoms with Crippen LogP contribution in [0.2, 0.25) is 0 Å². The zero-order valence-electron chi connectivity index (χ0n) is 14.2. The average molecular weight is 351 g/mol. The van der Waals surface area contributed by atoms with Crippen LogP contribution in [0.5, 0.6) is 11.5 Å². The summed E-state index contributed by atoms with van der Waals surface area (Å²) in [7, 11) is 0. The van der Waals surface area contributed by atoms with Crippen molar-refractivity contribution >= 4 is 17.2 Å². The lowest BCUT2D eigenvalue weighted by Gasteiger charge is -2.22. The molecule has 128 valence electrons. The molecule has 0 unspecified atom stereocenters. The van der Waals surface area contributed by atoms with Gasteiger partial charge in [0.15, 0.2) is 0 Å². The van der Waals surface area contributed by atoms with E-state index in [0.717, 1.165) is 24.5 Å². The summed E-state index contributed by atoms with van der Waals surface area (Å²) in [5.41, 5.74) is 1.86. The average Bonchev–Trinajstić information content (AvgIpc) is 3.15. The van der Waals surface area contributed by atoms with Gasteiger partial charge in [0.1, 0.15) is 11.5 Å². The van der Waals surface area contributed by atoms with Gasteiger partial charge in [-0.15, -0.1) is 0 Å². The predicted octanol–water partition coefficient (Wildman–Crippen LogP) is 5.59. The molecule has 0 atom stereocenters.